The number of nitrogens with zero attached hydrogens (tertiary/aromatic N) is 2. The van der Waals surface area contributed by atoms with Crippen molar-refractivity contribution in [2.45, 2.75) is 57.7 Å². The first-order chi connectivity index (χ1) is 11.7. The number of pyridine rings is 1. The van der Waals surface area contributed by atoms with Crippen LogP contribution in [0, 0.1) is 11.3 Å². The number of anilines is 1. The van der Waals surface area contributed by atoms with Gasteiger partial charge in [0.2, 0.25) is 0 Å². The zero-order chi connectivity index (χ0) is 18.5. The number of nitriles is 1. The average Bonchev–Trinajstić information content (AvgIpc) is 2.48. The van der Waals surface area contributed by atoms with Crippen LogP contribution in [0.25, 0.3) is 0 Å². The van der Waals surface area contributed by atoms with Crippen LogP contribution in [0.4, 0.5) is 10.6 Å². The molecule has 0 aromatic carbocycles. The van der Waals surface area contributed by atoms with Gasteiger partial charge in [0.25, 0.3) is 0 Å². The van der Waals surface area contributed by atoms with Crippen LogP contribution in [0.3, 0.4) is 0 Å². The van der Waals surface area contributed by atoms with Gasteiger partial charge in [-0.1, -0.05) is 0 Å². The summed E-state index contributed by atoms with van der Waals surface area (Å²) in [6.45, 7) is 9.58. The van der Waals surface area contributed by atoms with E-state index in [0.717, 1.165) is 12.8 Å². The van der Waals surface area contributed by atoms with E-state index in [1.165, 1.54) is 0 Å². The van der Waals surface area contributed by atoms with Crippen molar-refractivity contribution >= 4 is 11.8 Å². The minimum atomic E-state index is -0.165. The van der Waals surface area contributed by atoms with Gasteiger partial charge in [0, 0.05) is 36.4 Å². The number of hydrogen-bond donors (Lipinski definition) is 4. The molecule has 0 unspecified atom stereocenters. The third-order valence-corrected chi connectivity index (χ3v) is 4.16. The molecule has 0 radical (unpaired) electrons. The molecular weight excluding hydrogens is 316 g/mol. The smallest absolute Gasteiger partial charge is 0.315 e. The molecule has 1 aliphatic rings. The van der Waals surface area contributed by atoms with E-state index in [2.05, 4.69) is 60.0 Å². The highest BCUT2D eigenvalue weighted by molar-refractivity contribution is 5.74. The molecule has 7 heteroatoms. The largest absolute Gasteiger partial charge is 0.367 e. The molecule has 2 amide bonds. The van der Waals surface area contributed by atoms with Gasteiger partial charge in [-0.2, -0.15) is 5.26 Å². The molecule has 0 aliphatic carbocycles. The molecule has 0 atom stereocenters. The van der Waals surface area contributed by atoms with Crippen LogP contribution < -0.4 is 21.3 Å². The van der Waals surface area contributed by atoms with Crippen molar-refractivity contribution in [1.82, 2.24) is 20.9 Å². The van der Waals surface area contributed by atoms with Crippen molar-refractivity contribution < 1.29 is 4.79 Å². The first-order valence-corrected chi connectivity index (χ1v) is 8.63. The molecule has 0 saturated carbocycles. The van der Waals surface area contributed by atoms with Crippen LogP contribution in [0.15, 0.2) is 18.3 Å². The fourth-order valence-corrected chi connectivity index (χ4v) is 3.65. The number of carbonyl (C=O) groups excluding carboxylic acids is 1. The second-order valence-corrected chi connectivity index (χ2v) is 7.84. The number of aromatic nitrogens is 1. The molecule has 136 valence electrons. The number of hydrogen-bond acceptors (Lipinski definition) is 5. The maximum Gasteiger partial charge on any atom is 0.315 e. The number of rotatable bonds is 5. The lowest BCUT2D eigenvalue weighted by Crippen LogP contribution is -2.62. The zero-order valence-corrected chi connectivity index (χ0v) is 15.4. The van der Waals surface area contributed by atoms with Gasteiger partial charge in [0.05, 0.1) is 5.56 Å². The van der Waals surface area contributed by atoms with E-state index < -0.39 is 0 Å². The Morgan fingerprint density at radius 2 is 2.00 bits per heavy atom. The Kier molecular flexibility index (Phi) is 5.85. The quantitative estimate of drug-likeness (QED) is 0.612. The molecule has 0 bridgehead atoms. The van der Waals surface area contributed by atoms with Gasteiger partial charge in [0.15, 0.2) is 0 Å². The highest BCUT2D eigenvalue weighted by Gasteiger charge is 2.38. The third-order valence-electron chi connectivity index (χ3n) is 4.16. The predicted molar refractivity (Wildman–Crippen MR) is 98.3 cm³/mol. The van der Waals surface area contributed by atoms with E-state index in [9.17, 15) is 4.79 Å². The van der Waals surface area contributed by atoms with Crippen LogP contribution in [0.2, 0.25) is 0 Å². The maximum atomic E-state index is 12.1. The third kappa shape index (κ3) is 5.91. The fraction of sp³-hybridized carbons (Fsp3) is 0.611. The van der Waals surface area contributed by atoms with Crippen LogP contribution in [0.5, 0.6) is 0 Å². The monoisotopic (exact) mass is 344 g/mol. The van der Waals surface area contributed by atoms with Crippen molar-refractivity contribution in [3.8, 4) is 6.07 Å². The Morgan fingerprint density at radius 3 is 2.64 bits per heavy atom. The van der Waals surface area contributed by atoms with Crippen LogP contribution in [-0.4, -0.2) is 41.2 Å². The van der Waals surface area contributed by atoms with Gasteiger partial charge in [-0.05, 0) is 52.7 Å². The summed E-state index contributed by atoms with van der Waals surface area (Å²) in [5.41, 5.74) is 0.480. The maximum absolute atomic E-state index is 12.1. The summed E-state index contributed by atoms with van der Waals surface area (Å²) in [6.07, 6.45) is 3.41. The van der Waals surface area contributed by atoms with E-state index in [1.807, 2.05) is 0 Å². The molecule has 1 aliphatic heterocycles. The van der Waals surface area contributed by atoms with Crippen molar-refractivity contribution in [3.05, 3.63) is 23.9 Å². The van der Waals surface area contributed by atoms with Gasteiger partial charge in [-0.3, -0.25) is 0 Å². The Morgan fingerprint density at radius 1 is 1.32 bits per heavy atom. The van der Waals surface area contributed by atoms with Gasteiger partial charge in [0.1, 0.15) is 11.9 Å². The molecule has 1 saturated heterocycles. The molecule has 1 fully saturated rings. The van der Waals surface area contributed by atoms with Crippen LogP contribution >= 0.6 is 0 Å². The Hall–Kier alpha value is -2.33. The molecule has 0 spiro atoms. The van der Waals surface area contributed by atoms with Crippen molar-refractivity contribution in [2.75, 3.05) is 18.4 Å². The summed E-state index contributed by atoms with van der Waals surface area (Å²) in [5, 5.41) is 21.6. The van der Waals surface area contributed by atoms with Gasteiger partial charge in [-0.25, -0.2) is 9.78 Å². The molecule has 1 aromatic rings. The van der Waals surface area contributed by atoms with Gasteiger partial charge >= 0.3 is 6.03 Å². The van der Waals surface area contributed by atoms with E-state index >= 15 is 0 Å². The van der Waals surface area contributed by atoms with Crippen LogP contribution in [-0.2, 0) is 0 Å². The lowest BCUT2D eigenvalue weighted by molar-refractivity contribution is 0.147. The predicted octanol–water partition coefficient (Wildman–Crippen LogP) is 1.97. The summed E-state index contributed by atoms with van der Waals surface area (Å²) < 4.78 is 0. The molecule has 25 heavy (non-hydrogen) atoms. The van der Waals surface area contributed by atoms with Gasteiger partial charge in [-0.15, -0.1) is 0 Å². The van der Waals surface area contributed by atoms with E-state index in [0.29, 0.717) is 24.5 Å². The van der Waals surface area contributed by atoms with E-state index in [1.54, 1.807) is 18.3 Å². The second kappa shape index (κ2) is 7.70. The number of piperidine rings is 1. The zero-order valence-electron chi connectivity index (χ0n) is 15.4. The first kappa shape index (κ1) is 19.0. The normalized spacial score (nSPS) is 18.8. The summed E-state index contributed by atoms with van der Waals surface area (Å²) in [4.78, 5) is 16.3. The Balaban J connectivity index is 1.75. The number of amides is 2. The summed E-state index contributed by atoms with van der Waals surface area (Å²) in [7, 11) is 0. The van der Waals surface area contributed by atoms with Gasteiger partial charge < -0.3 is 21.3 Å². The first-order valence-electron chi connectivity index (χ1n) is 8.63. The molecule has 2 heterocycles. The number of nitrogens with one attached hydrogen (secondary N) is 4. The lowest BCUT2D eigenvalue weighted by Gasteiger charge is -2.46. The average molecular weight is 344 g/mol. The second-order valence-electron chi connectivity index (χ2n) is 7.84. The minimum absolute atomic E-state index is 0.00603. The van der Waals surface area contributed by atoms with Crippen molar-refractivity contribution in [2.24, 2.45) is 0 Å². The van der Waals surface area contributed by atoms with Crippen LogP contribution in [0.1, 0.15) is 46.1 Å². The SMILES string of the molecule is CC1(C)CC(NC(=O)NCCNc2ncccc2C#N)CC(C)(C)N1. The van der Waals surface area contributed by atoms with Crippen molar-refractivity contribution in [3.63, 3.8) is 0 Å². The standard InChI is InChI=1S/C18H28N6O/c1-17(2)10-14(11-18(3,4)24-17)23-16(25)22-9-8-21-15-13(12-19)6-5-7-20-15/h5-7,14,24H,8-11H2,1-4H3,(H,20,21)(H2,22,23,25). The minimum Gasteiger partial charge on any atom is -0.367 e. The fourth-order valence-electron chi connectivity index (χ4n) is 3.65. The summed E-state index contributed by atoms with van der Waals surface area (Å²) >= 11 is 0. The highest BCUT2D eigenvalue weighted by Crippen LogP contribution is 2.28. The van der Waals surface area contributed by atoms with Crippen molar-refractivity contribution in [1.29, 1.82) is 5.26 Å². The number of urea groups is 1. The molecular formula is C18H28N6O. The Bertz CT molecular complexity index is 633. The lowest BCUT2D eigenvalue weighted by atomic mass is 9.80. The van der Waals surface area contributed by atoms with E-state index in [-0.39, 0.29) is 23.2 Å². The topological polar surface area (TPSA) is 102 Å². The summed E-state index contributed by atoms with van der Waals surface area (Å²) in [5.74, 6) is 0.536. The highest BCUT2D eigenvalue weighted by atomic mass is 16.2. The molecule has 2 rings (SSSR count). The number of carbonyl (C=O) groups is 1. The molecule has 7 nitrogen and oxygen atoms in total. The Labute approximate surface area is 149 Å². The van der Waals surface area contributed by atoms with E-state index in [4.69, 9.17) is 5.26 Å². The molecule has 4 N–H and O–H groups in total. The summed E-state index contributed by atoms with van der Waals surface area (Å²) in [6, 6.07) is 5.48. The molecule has 1 aromatic heterocycles.